The summed E-state index contributed by atoms with van der Waals surface area (Å²) in [7, 11) is 0. The minimum atomic E-state index is -0.554. The second-order valence-corrected chi connectivity index (χ2v) is 1.97. The van der Waals surface area contributed by atoms with Crippen molar-refractivity contribution in [2.75, 3.05) is 0 Å². The average molecular weight is 148 g/mol. The summed E-state index contributed by atoms with van der Waals surface area (Å²) >= 11 is 0. The Kier molecular flexibility index (Phi) is 1.57. The Morgan fingerprint density at radius 3 is 2.64 bits per heavy atom. The number of rotatable bonds is 1. The van der Waals surface area contributed by atoms with Crippen LogP contribution in [0.1, 0.15) is 0 Å². The van der Waals surface area contributed by atoms with Gasteiger partial charge in [-0.25, -0.2) is 0 Å². The van der Waals surface area contributed by atoms with Crippen LogP contribution in [0.25, 0.3) is 0 Å². The maximum Gasteiger partial charge on any atom is 0.259 e. The van der Waals surface area contributed by atoms with E-state index in [1.54, 1.807) is 6.07 Å². The Hall–Kier alpha value is -1.89. The molecule has 0 saturated carbocycles. The molecule has 1 aliphatic rings. The lowest BCUT2D eigenvalue weighted by molar-refractivity contribution is -0.123. The quantitative estimate of drug-likeness (QED) is 0.408. The molecule has 11 heavy (non-hydrogen) atoms. The van der Waals surface area contributed by atoms with Gasteiger partial charge in [0.25, 0.3) is 11.8 Å². The van der Waals surface area contributed by atoms with E-state index in [0.29, 0.717) is 0 Å². The highest BCUT2D eigenvalue weighted by Gasteiger charge is 2.22. The molecule has 54 valence electrons. The maximum absolute atomic E-state index is 10.8. The van der Waals surface area contributed by atoms with Gasteiger partial charge in [-0.1, -0.05) is 6.58 Å². The third kappa shape index (κ3) is 1.17. The Morgan fingerprint density at radius 2 is 2.27 bits per heavy atom. The minimum Gasteiger partial charge on any atom is -0.289 e. The van der Waals surface area contributed by atoms with Gasteiger partial charge >= 0.3 is 0 Å². The monoisotopic (exact) mass is 148 g/mol. The van der Waals surface area contributed by atoms with Gasteiger partial charge < -0.3 is 0 Å². The topological polar surface area (TPSA) is 70.0 Å². The number of nitrogens with one attached hydrogen (secondary N) is 1. The summed E-state index contributed by atoms with van der Waals surface area (Å²) in [4.78, 5) is 21.3. The van der Waals surface area contributed by atoms with Crippen molar-refractivity contribution in [2.45, 2.75) is 0 Å². The largest absolute Gasteiger partial charge is 0.289 e. The zero-order valence-electron chi connectivity index (χ0n) is 5.55. The molecule has 0 aromatic carbocycles. The molecule has 0 spiro atoms. The highest BCUT2D eigenvalue weighted by atomic mass is 16.2. The van der Waals surface area contributed by atoms with E-state index in [9.17, 15) is 9.59 Å². The molecule has 0 bridgehead atoms. The van der Waals surface area contributed by atoms with Crippen molar-refractivity contribution in [3.8, 4) is 6.07 Å². The van der Waals surface area contributed by atoms with Gasteiger partial charge in [0.15, 0.2) is 0 Å². The van der Waals surface area contributed by atoms with E-state index in [2.05, 4.69) is 6.58 Å². The lowest BCUT2D eigenvalue weighted by Crippen LogP contribution is -2.22. The highest BCUT2D eigenvalue weighted by Crippen LogP contribution is 2.10. The minimum absolute atomic E-state index is 0.00773. The van der Waals surface area contributed by atoms with Crippen LogP contribution in [0.3, 0.4) is 0 Å². The fourth-order valence-electron chi connectivity index (χ4n) is 0.696. The molecule has 2 amide bonds. The summed E-state index contributed by atoms with van der Waals surface area (Å²) in [5.41, 5.74) is 0.0610. The highest BCUT2D eigenvalue weighted by molar-refractivity contribution is 6.18. The Labute approximate surface area is 62.8 Å². The smallest absolute Gasteiger partial charge is 0.259 e. The Balaban J connectivity index is 2.99. The number of carbonyl (C=O) groups is 2. The molecule has 0 fully saturated rings. The molecule has 0 aromatic rings. The van der Waals surface area contributed by atoms with E-state index in [4.69, 9.17) is 5.26 Å². The van der Waals surface area contributed by atoms with E-state index in [0.717, 1.165) is 6.08 Å². The van der Waals surface area contributed by atoms with E-state index in [1.807, 2.05) is 5.32 Å². The maximum atomic E-state index is 10.8. The summed E-state index contributed by atoms with van der Waals surface area (Å²) in [5, 5.41) is 10.3. The summed E-state index contributed by atoms with van der Waals surface area (Å²) in [6.45, 7) is 3.30. The molecular weight excluding hydrogens is 144 g/mol. The molecule has 0 radical (unpaired) electrons. The van der Waals surface area contributed by atoms with Crippen molar-refractivity contribution in [1.29, 1.82) is 5.26 Å². The van der Waals surface area contributed by atoms with Crippen LogP contribution in [0.4, 0.5) is 0 Å². The van der Waals surface area contributed by atoms with Crippen LogP contribution in [0, 0.1) is 11.3 Å². The summed E-state index contributed by atoms with van der Waals surface area (Å²) in [6, 6.07) is 1.68. The first-order valence-corrected chi connectivity index (χ1v) is 2.81. The second-order valence-electron chi connectivity index (χ2n) is 1.97. The van der Waals surface area contributed by atoms with Crippen LogP contribution < -0.4 is 5.32 Å². The van der Waals surface area contributed by atoms with Gasteiger partial charge in [0.05, 0.1) is 17.2 Å². The van der Waals surface area contributed by atoms with Gasteiger partial charge in [-0.3, -0.25) is 14.9 Å². The van der Waals surface area contributed by atoms with Crippen molar-refractivity contribution >= 4 is 11.8 Å². The first-order valence-electron chi connectivity index (χ1n) is 2.81. The van der Waals surface area contributed by atoms with E-state index >= 15 is 0 Å². The molecular formula is C7H4N2O2. The third-order valence-corrected chi connectivity index (χ3v) is 1.22. The predicted octanol–water partition coefficient (Wildman–Crippen LogP) is -0.351. The first-order chi connectivity index (χ1) is 5.15. The standard InChI is InChI=1S/C7H4N2O2/c1-4(3-8)5-2-6(10)9-7(5)11/h2H,1H2,(H,9,10,11). The van der Waals surface area contributed by atoms with Gasteiger partial charge in [-0.05, 0) is 0 Å². The predicted molar refractivity (Wildman–Crippen MR) is 36.0 cm³/mol. The van der Waals surface area contributed by atoms with Gasteiger partial charge in [0.2, 0.25) is 0 Å². The zero-order chi connectivity index (χ0) is 8.43. The lowest BCUT2D eigenvalue weighted by Gasteiger charge is -1.91. The summed E-state index contributed by atoms with van der Waals surface area (Å²) < 4.78 is 0. The van der Waals surface area contributed by atoms with Gasteiger partial charge in [-0.15, -0.1) is 0 Å². The third-order valence-electron chi connectivity index (χ3n) is 1.22. The van der Waals surface area contributed by atoms with Crippen LogP contribution in [0.5, 0.6) is 0 Å². The lowest BCUT2D eigenvalue weighted by atomic mass is 10.1. The molecule has 0 unspecified atom stereocenters. The molecule has 0 aliphatic carbocycles. The number of amides is 2. The van der Waals surface area contributed by atoms with E-state index in [-0.39, 0.29) is 11.1 Å². The molecule has 1 heterocycles. The zero-order valence-corrected chi connectivity index (χ0v) is 5.55. The SMILES string of the molecule is C=C(C#N)C1=CC(=O)NC1=O. The Bertz CT molecular complexity index is 320. The van der Waals surface area contributed by atoms with Gasteiger partial charge in [0.1, 0.15) is 0 Å². The average Bonchev–Trinajstić information content (AvgIpc) is 2.28. The van der Waals surface area contributed by atoms with Crippen molar-refractivity contribution < 1.29 is 9.59 Å². The van der Waals surface area contributed by atoms with Crippen LogP contribution in [0.2, 0.25) is 0 Å². The number of hydrogen-bond acceptors (Lipinski definition) is 3. The van der Waals surface area contributed by atoms with Gasteiger partial charge in [0, 0.05) is 6.08 Å². The van der Waals surface area contributed by atoms with Crippen molar-refractivity contribution in [2.24, 2.45) is 0 Å². The number of imide groups is 1. The molecule has 1 aliphatic heterocycles. The molecule has 4 heteroatoms. The fourth-order valence-corrected chi connectivity index (χ4v) is 0.696. The molecule has 0 atom stereocenters. The molecule has 1 N–H and O–H groups in total. The van der Waals surface area contributed by atoms with Crippen LogP contribution >= 0.6 is 0 Å². The van der Waals surface area contributed by atoms with Crippen LogP contribution in [-0.4, -0.2) is 11.8 Å². The van der Waals surface area contributed by atoms with E-state index < -0.39 is 11.8 Å². The molecule has 1 rings (SSSR count). The summed E-state index contributed by atoms with van der Waals surface area (Å²) in [6.07, 6.45) is 1.06. The van der Waals surface area contributed by atoms with Gasteiger partial charge in [-0.2, -0.15) is 5.26 Å². The summed E-state index contributed by atoms with van der Waals surface area (Å²) in [5.74, 6) is -1.05. The fraction of sp³-hybridized carbons (Fsp3) is 0. The van der Waals surface area contributed by atoms with Crippen LogP contribution in [0.15, 0.2) is 23.8 Å². The normalized spacial score (nSPS) is 15.4. The second kappa shape index (κ2) is 2.39. The molecule has 0 saturated heterocycles. The number of nitrogens with zero attached hydrogens (tertiary/aromatic N) is 1. The Morgan fingerprint density at radius 1 is 1.64 bits per heavy atom. The van der Waals surface area contributed by atoms with Crippen molar-refractivity contribution in [3.63, 3.8) is 0 Å². The number of hydrogen-bond donors (Lipinski definition) is 1. The molecule has 4 nitrogen and oxygen atoms in total. The van der Waals surface area contributed by atoms with Crippen LogP contribution in [-0.2, 0) is 9.59 Å². The van der Waals surface area contributed by atoms with Crippen molar-refractivity contribution in [1.82, 2.24) is 5.32 Å². The number of carbonyl (C=O) groups excluding carboxylic acids is 2. The van der Waals surface area contributed by atoms with Crippen molar-refractivity contribution in [3.05, 3.63) is 23.8 Å². The van der Waals surface area contributed by atoms with E-state index in [1.165, 1.54) is 0 Å². The number of nitriles is 1. The first kappa shape index (κ1) is 7.22. The molecule has 0 aromatic heterocycles.